The van der Waals surface area contributed by atoms with E-state index in [1.165, 1.54) is 11.1 Å². The van der Waals surface area contributed by atoms with Crippen LogP contribution in [0.2, 0.25) is 0 Å². The third kappa shape index (κ3) is 5.75. The molecule has 0 aliphatic rings. The second kappa shape index (κ2) is 7.09. The van der Waals surface area contributed by atoms with Gasteiger partial charge < -0.3 is 9.79 Å². The van der Waals surface area contributed by atoms with Gasteiger partial charge in [0.2, 0.25) is 0 Å². The van der Waals surface area contributed by atoms with Crippen molar-refractivity contribution in [2.75, 3.05) is 7.11 Å². The maximum Gasteiger partial charge on any atom is 0.469 e. The first-order valence-corrected chi connectivity index (χ1v) is 6.78. The molecule has 0 saturated heterocycles. The first-order valence-electron chi connectivity index (χ1n) is 5.24. The smallest absolute Gasteiger partial charge is 0.303 e. The summed E-state index contributed by atoms with van der Waals surface area (Å²) < 4.78 is 13.1. The van der Waals surface area contributed by atoms with E-state index in [9.17, 15) is 4.57 Å². The topological polar surface area (TPSA) is 66.8 Å². The highest BCUT2D eigenvalue weighted by atomic mass is 31.2. The lowest BCUT2D eigenvalue weighted by atomic mass is 10.1. The summed E-state index contributed by atoms with van der Waals surface area (Å²) in [7, 11) is -3.20. The molecule has 0 unspecified atom stereocenters. The van der Waals surface area contributed by atoms with Gasteiger partial charge in [0.25, 0.3) is 0 Å². The van der Waals surface area contributed by atoms with Gasteiger partial charge in [-0.15, -0.1) is 0 Å². The molecule has 2 N–H and O–H groups in total. The summed E-state index contributed by atoms with van der Waals surface area (Å²) in [6.07, 6.45) is 0. The molecule has 0 saturated carbocycles. The van der Waals surface area contributed by atoms with Gasteiger partial charge >= 0.3 is 7.82 Å². The monoisotopic (exact) mass is 266 g/mol. The first-order chi connectivity index (χ1) is 8.53. The van der Waals surface area contributed by atoms with E-state index in [1.54, 1.807) is 0 Å². The number of hydrogen-bond acceptors (Lipinski definition) is 2. The molecule has 4 nitrogen and oxygen atoms in total. The summed E-state index contributed by atoms with van der Waals surface area (Å²) in [6, 6.07) is 20.8. The molecule has 0 fully saturated rings. The van der Waals surface area contributed by atoms with Gasteiger partial charge in [-0.3, -0.25) is 4.52 Å². The first kappa shape index (κ1) is 14.6. The van der Waals surface area contributed by atoms with Crippen LogP contribution in [-0.4, -0.2) is 16.9 Å². The SMILES string of the molecule is COP(=O)(O)O.c1ccc(-c2ccccc2)cc1. The summed E-state index contributed by atoms with van der Waals surface area (Å²) in [5.74, 6) is 0. The van der Waals surface area contributed by atoms with Crippen LogP contribution in [0.5, 0.6) is 0 Å². The van der Waals surface area contributed by atoms with Crippen molar-refractivity contribution in [2.45, 2.75) is 0 Å². The van der Waals surface area contributed by atoms with E-state index in [0.717, 1.165) is 7.11 Å². The molecular weight excluding hydrogens is 251 g/mol. The van der Waals surface area contributed by atoms with Crippen LogP contribution in [0.1, 0.15) is 0 Å². The molecule has 2 rings (SSSR count). The van der Waals surface area contributed by atoms with Gasteiger partial charge in [-0.25, -0.2) is 4.57 Å². The summed E-state index contributed by atoms with van der Waals surface area (Å²) in [4.78, 5) is 15.4. The van der Waals surface area contributed by atoms with E-state index in [1.807, 2.05) is 12.1 Å². The quantitative estimate of drug-likeness (QED) is 0.820. The van der Waals surface area contributed by atoms with Crippen molar-refractivity contribution >= 4 is 7.82 Å². The van der Waals surface area contributed by atoms with Gasteiger partial charge in [-0.1, -0.05) is 60.7 Å². The van der Waals surface area contributed by atoms with E-state index < -0.39 is 7.82 Å². The van der Waals surface area contributed by atoms with E-state index >= 15 is 0 Å². The Morgan fingerprint density at radius 1 is 0.833 bits per heavy atom. The Balaban J connectivity index is 0.000000232. The average molecular weight is 266 g/mol. The third-order valence-electron chi connectivity index (χ3n) is 2.12. The van der Waals surface area contributed by atoms with E-state index in [4.69, 9.17) is 9.79 Å². The van der Waals surface area contributed by atoms with Crippen LogP contribution >= 0.6 is 7.82 Å². The lowest BCUT2D eigenvalue weighted by Crippen LogP contribution is -1.76. The Bertz CT molecular complexity index is 455. The molecule has 0 amide bonds. The molecule has 0 bridgehead atoms. The summed E-state index contributed by atoms with van der Waals surface area (Å²) in [5.41, 5.74) is 2.55. The van der Waals surface area contributed by atoms with Crippen molar-refractivity contribution in [1.29, 1.82) is 0 Å². The molecule has 96 valence electrons. The zero-order valence-electron chi connectivity index (χ0n) is 9.93. The number of rotatable bonds is 2. The minimum atomic E-state index is -4.15. The summed E-state index contributed by atoms with van der Waals surface area (Å²) in [5, 5.41) is 0. The minimum Gasteiger partial charge on any atom is -0.303 e. The number of phosphoric ester groups is 1. The fourth-order valence-corrected chi connectivity index (χ4v) is 1.26. The van der Waals surface area contributed by atoms with Gasteiger partial charge in [0.15, 0.2) is 0 Å². The lowest BCUT2D eigenvalue weighted by molar-refractivity contribution is 0.235. The molecule has 0 atom stereocenters. The van der Waals surface area contributed by atoms with Crippen molar-refractivity contribution in [3.8, 4) is 11.1 Å². The molecule has 0 radical (unpaired) electrons. The molecule has 5 heteroatoms. The Morgan fingerprint density at radius 2 is 1.11 bits per heavy atom. The highest BCUT2D eigenvalue weighted by molar-refractivity contribution is 7.46. The van der Waals surface area contributed by atoms with Crippen molar-refractivity contribution < 1.29 is 18.9 Å². The van der Waals surface area contributed by atoms with Crippen LogP contribution in [0.25, 0.3) is 11.1 Å². The van der Waals surface area contributed by atoms with Crippen LogP contribution in [0.15, 0.2) is 60.7 Å². The Kier molecular flexibility index (Phi) is 5.75. The largest absolute Gasteiger partial charge is 0.469 e. The zero-order chi connectivity index (χ0) is 13.4. The number of phosphoric acid groups is 1. The van der Waals surface area contributed by atoms with Crippen molar-refractivity contribution in [3.05, 3.63) is 60.7 Å². The molecule has 0 aromatic heterocycles. The summed E-state index contributed by atoms with van der Waals surface area (Å²) >= 11 is 0. The second-order valence-electron chi connectivity index (χ2n) is 3.41. The predicted octanol–water partition coefficient (Wildman–Crippen LogP) is 3.08. The second-order valence-corrected chi connectivity index (χ2v) is 4.75. The van der Waals surface area contributed by atoms with E-state index in [-0.39, 0.29) is 0 Å². The highest BCUT2D eigenvalue weighted by Gasteiger charge is 2.07. The van der Waals surface area contributed by atoms with Gasteiger partial charge in [0, 0.05) is 7.11 Å². The molecular formula is C13H15O4P. The normalized spacial score (nSPS) is 10.4. The maximum atomic E-state index is 9.47. The molecule has 0 spiro atoms. The molecule has 2 aromatic rings. The predicted molar refractivity (Wildman–Crippen MR) is 70.9 cm³/mol. The van der Waals surface area contributed by atoms with E-state index in [2.05, 4.69) is 53.1 Å². The van der Waals surface area contributed by atoms with Gasteiger partial charge in [-0.2, -0.15) is 0 Å². The number of benzene rings is 2. The Labute approximate surface area is 106 Å². The Morgan fingerprint density at radius 3 is 1.33 bits per heavy atom. The number of hydrogen-bond donors (Lipinski definition) is 2. The van der Waals surface area contributed by atoms with Crippen LogP contribution in [0.3, 0.4) is 0 Å². The standard InChI is InChI=1S/C12H10.CH5O4P/c1-3-7-11(8-4-1)12-9-5-2-6-10-12;1-5-6(2,3)4/h1-10H;1H3,(H2,2,3,4). The molecule has 0 aliphatic heterocycles. The molecule has 2 aromatic carbocycles. The van der Waals surface area contributed by atoms with Crippen molar-refractivity contribution in [1.82, 2.24) is 0 Å². The van der Waals surface area contributed by atoms with Crippen LogP contribution in [0.4, 0.5) is 0 Å². The van der Waals surface area contributed by atoms with Crippen LogP contribution < -0.4 is 0 Å². The van der Waals surface area contributed by atoms with Crippen molar-refractivity contribution in [3.63, 3.8) is 0 Å². The maximum absolute atomic E-state index is 9.47. The van der Waals surface area contributed by atoms with Gasteiger partial charge in [-0.05, 0) is 11.1 Å². The lowest BCUT2D eigenvalue weighted by Gasteiger charge is -1.98. The zero-order valence-corrected chi connectivity index (χ0v) is 10.8. The Hall–Kier alpha value is -1.45. The van der Waals surface area contributed by atoms with Gasteiger partial charge in [0.05, 0.1) is 0 Å². The molecule has 18 heavy (non-hydrogen) atoms. The van der Waals surface area contributed by atoms with E-state index in [0.29, 0.717) is 0 Å². The third-order valence-corrected chi connectivity index (χ3v) is 2.59. The highest BCUT2D eigenvalue weighted by Crippen LogP contribution is 2.33. The van der Waals surface area contributed by atoms with Crippen molar-refractivity contribution in [2.24, 2.45) is 0 Å². The van der Waals surface area contributed by atoms with Crippen LogP contribution in [-0.2, 0) is 9.09 Å². The van der Waals surface area contributed by atoms with Gasteiger partial charge in [0.1, 0.15) is 0 Å². The fourth-order valence-electron chi connectivity index (χ4n) is 1.26. The summed E-state index contributed by atoms with van der Waals surface area (Å²) in [6.45, 7) is 0. The molecule has 0 heterocycles. The molecule has 0 aliphatic carbocycles. The fraction of sp³-hybridized carbons (Fsp3) is 0.0769. The minimum absolute atomic E-state index is 0.945. The average Bonchev–Trinajstić information content (AvgIpc) is 2.41. The van der Waals surface area contributed by atoms with Crippen LogP contribution in [0, 0.1) is 0 Å².